The van der Waals surface area contributed by atoms with Crippen LogP contribution in [0.1, 0.15) is 30.6 Å². The number of benzene rings is 1. The van der Waals surface area contributed by atoms with Crippen molar-refractivity contribution in [2.45, 2.75) is 25.0 Å². The number of carbonyl (C=O) groups excluding carboxylic acids is 2. The van der Waals surface area contributed by atoms with E-state index in [1.54, 1.807) is 23.5 Å². The smallest absolute Gasteiger partial charge is 0.251 e. The van der Waals surface area contributed by atoms with Crippen molar-refractivity contribution >= 4 is 32.9 Å². The lowest BCUT2D eigenvalue weighted by atomic mass is 10.0. The van der Waals surface area contributed by atoms with Gasteiger partial charge in [-0.1, -0.05) is 18.2 Å². The van der Waals surface area contributed by atoms with Crippen LogP contribution in [0.4, 0.5) is 0 Å². The Kier molecular flexibility index (Phi) is 5.80. The third kappa shape index (κ3) is 4.35. The molecule has 0 bridgehead atoms. The first-order chi connectivity index (χ1) is 11.6. The van der Waals surface area contributed by atoms with Gasteiger partial charge in [-0.2, -0.15) is 0 Å². The zero-order valence-corrected chi connectivity index (χ0v) is 16.0. The second-order valence-corrected chi connectivity index (χ2v) is 9.51. The number of rotatable bonds is 7. The lowest BCUT2D eigenvalue weighted by Crippen LogP contribution is -2.44. The summed E-state index contributed by atoms with van der Waals surface area (Å²) in [7, 11) is -3.56. The second kappa shape index (κ2) is 7.49. The molecule has 1 unspecified atom stereocenters. The first-order valence-corrected chi connectivity index (χ1v) is 10.5. The molecule has 1 N–H and O–H groups in total. The summed E-state index contributed by atoms with van der Waals surface area (Å²) in [5.74, 6) is -0.721. The number of carbonyl (C=O) groups is 2. The van der Waals surface area contributed by atoms with Crippen LogP contribution in [0, 0.1) is 0 Å². The van der Waals surface area contributed by atoms with Crippen LogP contribution in [0.5, 0.6) is 0 Å². The van der Waals surface area contributed by atoms with E-state index < -0.39 is 20.4 Å². The lowest BCUT2D eigenvalue weighted by Gasteiger charge is -2.24. The van der Waals surface area contributed by atoms with Gasteiger partial charge in [-0.25, -0.2) is 8.42 Å². The average molecular weight is 380 g/mol. The van der Waals surface area contributed by atoms with Gasteiger partial charge >= 0.3 is 0 Å². The van der Waals surface area contributed by atoms with Gasteiger partial charge in [0.2, 0.25) is 0 Å². The zero-order chi connectivity index (χ0) is 18.7. The fraction of sp³-hybridized carbons (Fsp3) is 0.333. The minimum atomic E-state index is -3.56. The topological polar surface area (TPSA) is 80.3 Å². The first kappa shape index (κ1) is 19.3. The van der Waals surface area contributed by atoms with Crippen molar-refractivity contribution in [3.8, 4) is 10.4 Å². The minimum Gasteiger partial charge on any atom is -0.352 e. The van der Waals surface area contributed by atoms with Crippen LogP contribution in [0.15, 0.2) is 41.8 Å². The van der Waals surface area contributed by atoms with E-state index >= 15 is 0 Å². The van der Waals surface area contributed by atoms with Gasteiger partial charge in [0, 0.05) is 23.2 Å². The van der Waals surface area contributed by atoms with Gasteiger partial charge in [0.05, 0.1) is 0 Å². The summed E-state index contributed by atoms with van der Waals surface area (Å²) in [5, 5.41) is 4.67. The summed E-state index contributed by atoms with van der Waals surface area (Å²) in [6.45, 7) is 2.76. The minimum absolute atomic E-state index is 0.0419. The van der Waals surface area contributed by atoms with Crippen LogP contribution < -0.4 is 5.32 Å². The standard InChI is InChI=1S/C18H21NO4S2/c1-13(20)18(2,25(3,22)23)10-11-19-17(21)15-8-6-14(7-9-15)16-5-4-12-24-16/h4-9,12H,10-11H2,1-3H3,(H,19,21). The van der Waals surface area contributed by atoms with Crippen molar-refractivity contribution in [3.05, 3.63) is 47.3 Å². The molecular formula is C18H21NO4S2. The molecule has 1 aromatic carbocycles. The van der Waals surface area contributed by atoms with E-state index in [9.17, 15) is 18.0 Å². The number of amides is 1. The van der Waals surface area contributed by atoms with E-state index in [2.05, 4.69) is 5.32 Å². The quantitative estimate of drug-likeness (QED) is 0.802. The molecule has 0 aliphatic rings. The fourth-order valence-electron chi connectivity index (χ4n) is 2.37. The molecule has 25 heavy (non-hydrogen) atoms. The Labute approximate surface area is 152 Å². The number of thiophene rings is 1. The fourth-order valence-corrected chi connectivity index (χ4v) is 4.10. The molecule has 2 aromatic rings. The van der Waals surface area contributed by atoms with Crippen LogP contribution in [-0.2, 0) is 14.6 Å². The van der Waals surface area contributed by atoms with Crippen LogP contribution in [0.2, 0.25) is 0 Å². The molecule has 1 aromatic heterocycles. The molecule has 1 atom stereocenters. The predicted octanol–water partition coefficient (Wildman–Crippen LogP) is 2.93. The van der Waals surface area contributed by atoms with Crippen LogP contribution >= 0.6 is 11.3 Å². The third-order valence-corrected chi connectivity index (χ3v) is 7.45. The monoisotopic (exact) mass is 379 g/mol. The predicted molar refractivity (Wildman–Crippen MR) is 101 cm³/mol. The van der Waals surface area contributed by atoms with Crippen molar-refractivity contribution in [2.24, 2.45) is 0 Å². The van der Waals surface area contributed by atoms with Crippen molar-refractivity contribution in [1.29, 1.82) is 0 Å². The molecule has 0 aliphatic carbocycles. The number of hydrogen-bond acceptors (Lipinski definition) is 5. The van der Waals surface area contributed by atoms with Gasteiger partial charge in [-0.3, -0.25) is 9.59 Å². The van der Waals surface area contributed by atoms with Crippen LogP contribution in [0.3, 0.4) is 0 Å². The normalized spacial score (nSPS) is 13.9. The van der Waals surface area contributed by atoms with Crippen LogP contribution in [0.25, 0.3) is 10.4 Å². The molecule has 2 rings (SSSR count). The van der Waals surface area contributed by atoms with E-state index in [0.29, 0.717) is 5.56 Å². The molecule has 0 fully saturated rings. The highest BCUT2D eigenvalue weighted by Gasteiger charge is 2.40. The number of nitrogens with one attached hydrogen (secondary N) is 1. The first-order valence-electron chi connectivity index (χ1n) is 7.78. The van der Waals surface area contributed by atoms with Crippen molar-refractivity contribution in [3.63, 3.8) is 0 Å². The molecule has 0 radical (unpaired) electrons. The summed E-state index contributed by atoms with van der Waals surface area (Å²) in [6.07, 6.45) is 1.08. The summed E-state index contributed by atoms with van der Waals surface area (Å²) >= 11 is 1.62. The maximum atomic E-state index is 12.2. The van der Waals surface area contributed by atoms with Crippen molar-refractivity contribution in [2.75, 3.05) is 12.8 Å². The van der Waals surface area contributed by atoms with Crippen LogP contribution in [-0.4, -0.2) is 37.7 Å². The van der Waals surface area contributed by atoms with E-state index in [1.807, 2.05) is 29.6 Å². The van der Waals surface area contributed by atoms with E-state index in [0.717, 1.165) is 16.7 Å². The third-order valence-electron chi connectivity index (χ3n) is 4.40. The Morgan fingerprint density at radius 3 is 2.28 bits per heavy atom. The Hall–Kier alpha value is -1.99. The van der Waals surface area contributed by atoms with Crippen molar-refractivity contribution < 1.29 is 18.0 Å². The van der Waals surface area contributed by atoms with E-state index in [1.165, 1.54) is 13.8 Å². The van der Waals surface area contributed by atoms with Gasteiger partial charge in [0.25, 0.3) is 5.91 Å². The summed E-state index contributed by atoms with van der Waals surface area (Å²) in [4.78, 5) is 25.0. The maximum Gasteiger partial charge on any atom is 0.251 e. The molecule has 0 spiro atoms. The number of hydrogen-bond donors (Lipinski definition) is 1. The molecule has 1 amide bonds. The Bertz CT molecular complexity index is 855. The summed E-state index contributed by atoms with van der Waals surface area (Å²) in [5.41, 5.74) is 1.52. The van der Waals surface area contributed by atoms with Gasteiger partial charge < -0.3 is 5.32 Å². The highest BCUT2D eigenvalue weighted by atomic mass is 32.2. The molecule has 0 saturated heterocycles. The molecule has 0 saturated carbocycles. The molecule has 7 heteroatoms. The largest absolute Gasteiger partial charge is 0.352 e. The highest BCUT2D eigenvalue weighted by molar-refractivity contribution is 7.92. The molecule has 5 nitrogen and oxygen atoms in total. The van der Waals surface area contributed by atoms with E-state index in [4.69, 9.17) is 0 Å². The Morgan fingerprint density at radius 1 is 1.16 bits per heavy atom. The van der Waals surface area contributed by atoms with Gasteiger partial charge in [0.1, 0.15) is 4.75 Å². The molecule has 134 valence electrons. The maximum absolute atomic E-state index is 12.2. The van der Waals surface area contributed by atoms with Gasteiger partial charge in [-0.05, 0) is 49.4 Å². The lowest BCUT2D eigenvalue weighted by molar-refractivity contribution is -0.119. The number of Topliss-reactive ketones (excluding diaryl/α,β-unsaturated/α-hetero) is 1. The highest BCUT2D eigenvalue weighted by Crippen LogP contribution is 2.25. The molecule has 0 aliphatic heterocycles. The van der Waals surface area contributed by atoms with Crippen molar-refractivity contribution in [1.82, 2.24) is 5.32 Å². The average Bonchev–Trinajstić information content (AvgIpc) is 3.08. The SMILES string of the molecule is CC(=O)C(C)(CCNC(=O)c1ccc(-c2cccs2)cc1)S(C)(=O)=O. The van der Waals surface area contributed by atoms with Gasteiger partial charge in [0.15, 0.2) is 15.6 Å². The molecular weight excluding hydrogens is 358 g/mol. The number of sulfone groups is 1. The summed E-state index contributed by atoms with van der Waals surface area (Å²) in [6, 6.07) is 11.2. The number of ketones is 1. The Morgan fingerprint density at radius 2 is 1.80 bits per heavy atom. The molecule has 1 heterocycles. The van der Waals surface area contributed by atoms with Gasteiger partial charge in [-0.15, -0.1) is 11.3 Å². The second-order valence-electron chi connectivity index (χ2n) is 6.12. The summed E-state index contributed by atoms with van der Waals surface area (Å²) < 4.78 is 22.2. The van der Waals surface area contributed by atoms with E-state index in [-0.39, 0.29) is 18.9 Å². The Balaban J connectivity index is 2.00. The zero-order valence-electron chi connectivity index (χ0n) is 14.4.